The van der Waals surface area contributed by atoms with Crippen molar-refractivity contribution in [2.75, 3.05) is 0 Å². The van der Waals surface area contributed by atoms with Crippen molar-refractivity contribution in [1.82, 2.24) is 0 Å². The topological polar surface area (TPSA) is 74.6 Å². The van der Waals surface area contributed by atoms with Crippen LogP contribution >= 0.6 is 0 Å². The minimum atomic E-state index is -1.07. The lowest BCUT2D eigenvalue weighted by Gasteiger charge is -2.15. The quantitative estimate of drug-likeness (QED) is 0.704. The van der Waals surface area contributed by atoms with Crippen LogP contribution in [0.3, 0.4) is 0 Å². The van der Waals surface area contributed by atoms with E-state index < -0.39 is 17.9 Å². The van der Waals surface area contributed by atoms with Crippen LogP contribution < -0.4 is 0 Å². The normalized spacial score (nSPS) is 12.1. The van der Waals surface area contributed by atoms with Gasteiger partial charge in [0.1, 0.15) is 0 Å². The number of rotatable bonds is 8. The van der Waals surface area contributed by atoms with E-state index in [0.29, 0.717) is 12.0 Å². The van der Waals surface area contributed by atoms with Crippen molar-refractivity contribution in [2.24, 2.45) is 0 Å². The Labute approximate surface area is 113 Å². The summed E-state index contributed by atoms with van der Waals surface area (Å²) in [7, 11) is 0. The lowest BCUT2D eigenvalue weighted by atomic mass is 9.89. The van der Waals surface area contributed by atoms with Crippen LogP contribution in [0.2, 0.25) is 0 Å². The first-order valence-electron chi connectivity index (χ1n) is 6.63. The highest BCUT2D eigenvalue weighted by Gasteiger charge is 2.24. The van der Waals surface area contributed by atoms with Crippen LogP contribution in [0.15, 0.2) is 24.3 Å². The van der Waals surface area contributed by atoms with Gasteiger partial charge in [0.15, 0.2) is 0 Å². The smallest absolute Gasteiger partial charge is 0.335 e. The van der Waals surface area contributed by atoms with Gasteiger partial charge in [0.05, 0.1) is 11.5 Å². The molecule has 0 saturated carbocycles. The van der Waals surface area contributed by atoms with Gasteiger partial charge in [-0.3, -0.25) is 4.79 Å². The van der Waals surface area contributed by atoms with Gasteiger partial charge in [0.25, 0.3) is 0 Å². The summed E-state index contributed by atoms with van der Waals surface area (Å²) in [5, 5.41) is 18.4. The van der Waals surface area contributed by atoms with Gasteiger partial charge in [-0.15, -0.1) is 0 Å². The van der Waals surface area contributed by atoms with Crippen LogP contribution in [0.5, 0.6) is 0 Å². The molecule has 0 heterocycles. The molecule has 0 aliphatic rings. The third-order valence-corrected chi connectivity index (χ3v) is 3.21. The van der Waals surface area contributed by atoms with E-state index in [1.807, 2.05) is 0 Å². The molecule has 0 spiro atoms. The molecule has 0 aromatic heterocycles. The molecule has 0 amide bonds. The molecule has 1 unspecified atom stereocenters. The summed E-state index contributed by atoms with van der Waals surface area (Å²) in [4.78, 5) is 22.5. The van der Waals surface area contributed by atoms with Gasteiger partial charge in [0, 0.05) is 0 Å². The van der Waals surface area contributed by atoms with Gasteiger partial charge in [0.2, 0.25) is 0 Å². The summed E-state index contributed by atoms with van der Waals surface area (Å²) in [6, 6.07) is 6.36. The van der Waals surface area contributed by atoms with Crippen molar-refractivity contribution < 1.29 is 19.8 Å². The third kappa shape index (κ3) is 4.39. The maximum atomic E-state index is 11.3. The molecule has 1 rings (SSSR count). The molecule has 0 bridgehead atoms. The lowest BCUT2D eigenvalue weighted by Crippen LogP contribution is -2.15. The predicted octanol–water partition coefficient (Wildman–Crippen LogP) is 3.52. The van der Waals surface area contributed by atoms with Crippen molar-refractivity contribution in [3.8, 4) is 0 Å². The van der Waals surface area contributed by atoms with E-state index >= 15 is 0 Å². The number of carbonyl (C=O) groups is 2. The SMILES string of the molecule is CCCCCCC(C(=O)O)c1ccccc1C(=O)O. The minimum absolute atomic E-state index is 0.0883. The van der Waals surface area contributed by atoms with Gasteiger partial charge in [-0.25, -0.2) is 4.79 Å². The Balaban J connectivity index is 2.87. The average Bonchev–Trinajstić information content (AvgIpc) is 2.38. The Bertz CT molecular complexity index is 440. The highest BCUT2D eigenvalue weighted by atomic mass is 16.4. The van der Waals surface area contributed by atoms with Crippen molar-refractivity contribution in [3.63, 3.8) is 0 Å². The summed E-state index contributed by atoms with van der Waals surface area (Å²) in [5.41, 5.74) is 0.490. The van der Waals surface area contributed by atoms with Crippen LogP contribution in [0.25, 0.3) is 0 Å². The third-order valence-electron chi connectivity index (χ3n) is 3.21. The fourth-order valence-corrected chi connectivity index (χ4v) is 2.18. The fraction of sp³-hybridized carbons (Fsp3) is 0.467. The molecule has 0 radical (unpaired) electrons. The van der Waals surface area contributed by atoms with Gasteiger partial charge in [-0.2, -0.15) is 0 Å². The van der Waals surface area contributed by atoms with Crippen molar-refractivity contribution >= 4 is 11.9 Å². The highest BCUT2D eigenvalue weighted by molar-refractivity contribution is 5.92. The number of aromatic carboxylic acids is 1. The molecule has 19 heavy (non-hydrogen) atoms. The van der Waals surface area contributed by atoms with Gasteiger partial charge in [-0.1, -0.05) is 50.8 Å². The molecule has 0 saturated heterocycles. The Kier molecular flexibility index (Phi) is 6.06. The molecule has 0 fully saturated rings. The summed E-state index contributed by atoms with van der Waals surface area (Å²) in [6.07, 6.45) is 4.43. The molecule has 1 aromatic rings. The largest absolute Gasteiger partial charge is 0.481 e. The van der Waals surface area contributed by atoms with E-state index in [0.717, 1.165) is 25.7 Å². The zero-order valence-electron chi connectivity index (χ0n) is 11.1. The number of carboxylic acids is 2. The van der Waals surface area contributed by atoms with Crippen molar-refractivity contribution in [2.45, 2.75) is 44.9 Å². The Morgan fingerprint density at radius 1 is 1.11 bits per heavy atom. The number of aliphatic carboxylic acids is 1. The maximum Gasteiger partial charge on any atom is 0.335 e. The average molecular weight is 264 g/mol. The summed E-state index contributed by atoms with van der Waals surface area (Å²) < 4.78 is 0. The van der Waals surface area contributed by atoms with Crippen molar-refractivity contribution in [1.29, 1.82) is 0 Å². The van der Waals surface area contributed by atoms with Gasteiger partial charge < -0.3 is 10.2 Å². The molecule has 2 N–H and O–H groups in total. The van der Waals surface area contributed by atoms with Gasteiger partial charge in [-0.05, 0) is 18.1 Å². The molecule has 1 atom stereocenters. The van der Waals surface area contributed by atoms with E-state index in [4.69, 9.17) is 5.11 Å². The number of carboxylic acid groups (broad SMARTS) is 2. The molecular formula is C15H20O4. The minimum Gasteiger partial charge on any atom is -0.481 e. The van der Waals surface area contributed by atoms with Crippen LogP contribution in [-0.4, -0.2) is 22.2 Å². The summed E-state index contributed by atoms with van der Waals surface area (Å²) in [5.74, 6) is -2.76. The van der Waals surface area contributed by atoms with E-state index in [1.165, 1.54) is 6.07 Å². The Morgan fingerprint density at radius 2 is 1.79 bits per heavy atom. The summed E-state index contributed by atoms with van der Waals surface area (Å²) >= 11 is 0. The fourth-order valence-electron chi connectivity index (χ4n) is 2.18. The molecule has 0 aliphatic carbocycles. The monoisotopic (exact) mass is 264 g/mol. The van der Waals surface area contributed by atoms with Crippen LogP contribution in [0, 0.1) is 0 Å². The Hall–Kier alpha value is -1.84. The van der Waals surface area contributed by atoms with Crippen molar-refractivity contribution in [3.05, 3.63) is 35.4 Å². The zero-order chi connectivity index (χ0) is 14.3. The maximum absolute atomic E-state index is 11.3. The molecule has 4 heteroatoms. The van der Waals surface area contributed by atoms with E-state index in [2.05, 4.69) is 6.92 Å². The molecular weight excluding hydrogens is 244 g/mol. The summed E-state index contributed by atoms with van der Waals surface area (Å²) in [6.45, 7) is 2.09. The van der Waals surface area contributed by atoms with E-state index in [-0.39, 0.29) is 5.56 Å². The second kappa shape index (κ2) is 7.56. The number of unbranched alkanes of at least 4 members (excludes halogenated alkanes) is 3. The second-order valence-electron chi connectivity index (χ2n) is 4.63. The molecule has 104 valence electrons. The van der Waals surface area contributed by atoms with Crippen LogP contribution in [-0.2, 0) is 4.79 Å². The highest BCUT2D eigenvalue weighted by Crippen LogP contribution is 2.26. The first kappa shape index (κ1) is 15.2. The standard InChI is InChI=1S/C15H20O4/c1-2-3-4-5-9-12(14(16)17)11-8-6-7-10-13(11)15(18)19/h6-8,10,12H,2-5,9H2,1H3,(H,16,17)(H,18,19). The zero-order valence-corrected chi connectivity index (χ0v) is 11.1. The Morgan fingerprint density at radius 3 is 2.37 bits per heavy atom. The molecule has 1 aromatic carbocycles. The first-order chi connectivity index (χ1) is 9.07. The van der Waals surface area contributed by atoms with Crippen LogP contribution in [0.1, 0.15) is 60.9 Å². The number of hydrogen-bond donors (Lipinski definition) is 2. The predicted molar refractivity (Wildman–Crippen MR) is 72.5 cm³/mol. The van der Waals surface area contributed by atoms with Crippen LogP contribution in [0.4, 0.5) is 0 Å². The second-order valence-corrected chi connectivity index (χ2v) is 4.63. The van der Waals surface area contributed by atoms with E-state index in [1.54, 1.807) is 18.2 Å². The number of hydrogen-bond acceptors (Lipinski definition) is 2. The first-order valence-corrected chi connectivity index (χ1v) is 6.63. The lowest BCUT2D eigenvalue weighted by molar-refractivity contribution is -0.139. The van der Waals surface area contributed by atoms with E-state index in [9.17, 15) is 14.7 Å². The molecule has 4 nitrogen and oxygen atoms in total. The number of benzene rings is 1. The molecule has 0 aliphatic heterocycles. The van der Waals surface area contributed by atoms with Gasteiger partial charge >= 0.3 is 11.9 Å².